The molecular formula is C19H16FNO3. The Kier molecular flexibility index (Phi) is 4.42. The Labute approximate surface area is 138 Å². The number of halogens is 1. The second-order valence-electron chi connectivity index (χ2n) is 5.40. The van der Waals surface area contributed by atoms with E-state index >= 15 is 0 Å². The lowest BCUT2D eigenvalue weighted by Crippen LogP contribution is -2.14. The maximum atomic E-state index is 12.9. The van der Waals surface area contributed by atoms with Crippen LogP contribution in [-0.4, -0.2) is 23.3 Å². The zero-order chi connectivity index (χ0) is 17.1. The molecule has 0 atom stereocenters. The number of para-hydroxylation sites is 1. The topological polar surface area (TPSA) is 59.2 Å². The van der Waals surface area contributed by atoms with Gasteiger partial charge in [-0.25, -0.2) is 9.18 Å². The van der Waals surface area contributed by atoms with E-state index in [1.54, 1.807) is 6.20 Å². The fourth-order valence-electron chi connectivity index (χ4n) is 2.62. The fraction of sp³-hybridized carbons (Fsp3) is 0.158. The molecule has 0 unspecified atom stereocenters. The number of hydrogen-bond acceptors (Lipinski definition) is 3. The molecule has 0 fully saturated rings. The second kappa shape index (κ2) is 6.66. The number of hydrogen-bond donors (Lipinski definition) is 1. The standard InChI is InChI=1S/C19H16FNO3/c1-2-12-4-3-5-15-16(10-21-18(12)15)17(22)11-24-19(23)13-6-8-14(20)9-7-13/h3-10,21H,2,11H2,1H3. The molecule has 122 valence electrons. The molecule has 0 radical (unpaired) electrons. The van der Waals surface area contributed by atoms with Crippen molar-refractivity contribution in [2.45, 2.75) is 13.3 Å². The number of Topliss-reactive ketones (excluding diaryl/α,β-unsaturated/α-hetero) is 1. The number of aromatic amines is 1. The Morgan fingerprint density at radius 2 is 1.88 bits per heavy atom. The monoisotopic (exact) mass is 325 g/mol. The largest absolute Gasteiger partial charge is 0.454 e. The summed E-state index contributed by atoms with van der Waals surface area (Å²) in [6, 6.07) is 10.7. The zero-order valence-electron chi connectivity index (χ0n) is 13.1. The molecule has 0 saturated heterocycles. The van der Waals surface area contributed by atoms with E-state index in [1.807, 2.05) is 25.1 Å². The van der Waals surface area contributed by atoms with Gasteiger partial charge in [-0.05, 0) is 36.2 Å². The molecule has 3 rings (SSSR count). The first kappa shape index (κ1) is 15.9. The van der Waals surface area contributed by atoms with Crippen molar-refractivity contribution in [2.75, 3.05) is 6.61 Å². The van der Waals surface area contributed by atoms with Crippen LogP contribution < -0.4 is 0 Å². The zero-order valence-corrected chi connectivity index (χ0v) is 13.1. The molecule has 0 amide bonds. The lowest BCUT2D eigenvalue weighted by atomic mass is 10.1. The highest BCUT2D eigenvalue weighted by molar-refractivity contribution is 6.09. The summed E-state index contributed by atoms with van der Waals surface area (Å²) in [6.45, 7) is 1.68. The van der Waals surface area contributed by atoms with E-state index in [-0.39, 0.29) is 18.0 Å². The lowest BCUT2D eigenvalue weighted by Gasteiger charge is -2.04. The highest BCUT2D eigenvalue weighted by atomic mass is 19.1. The van der Waals surface area contributed by atoms with Crippen molar-refractivity contribution < 1.29 is 18.7 Å². The van der Waals surface area contributed by atoms with Crippen LogP contribution in [-0.2, 0) is 11.2 Å². The quantitative estimate of drug-likeness (QED) is 0.571. The number of benzene rings is 2. The number of esters is 1. The van der Waals surface area contributed by atoms with Crippen LogP contribution in [0.2, 0.25) is 0 Å². The normalized spacial score (nSPS) is 10.8. The van der Waals surface area contributed by atoms with Crippen molar-refractivity contribution in [1.82, 2.24) is 4.98 Å². The van der Waals surface area contributed by atoms with Crippen LogP contribution in [0.4, 0.5) is 4.39 Å². The van der Waals surface area contributed by atoms with Gasteiger partial charge in [-0.2, -0.15) is 0 Å². The summed E-state index contributed by atoms with van der Waals surface area (Å²) in [5.74, 6) is -1.38. The van der Waals surface area contributed by atoms with Crippen LogP contribution in [0, 0.1) is 5.82 Å². The summed E-state index contributed by atoms with van der Waals surface area (Å²) in [7, 11) is 0. The van der Waals surface area contributed by atoms with E-state index in [2.05, 4.69) is 4.98 Å². The van der Waals surface area contributed by atoms with Crippen molar-refractivity contribution in [3.8, 4) is 0 Å². The van der Waals surface area contributed by atoms with Crippen molar-refractivity contribution >= 4 is 22.7 Å². The molecule has 5 heteroatoms. The van der Waals surface area contributed by atoms with Gasteiger partial charge in [0.2, 0.25) is 5.78 Å². The van der Waals surface area contributed by atoms with Gasteiger partial charge in [0.25, 0.3) is 0 Å². The first-order valence-electron chi connectivity index (χ1n) is 7.65. The van der Waals surface area contributed by atoms with Gasteiger partial charge in [-0.15, -0.1) is 0 Å². The van der Waals surface area contributed by atoms with Crippen LogP contribution >= 0.6 is 0 Å². The van der Waals surface area contributed by atoms with Gasteiger partial charge in [0.15, 0.2) is 6.61 Å². The number of aromatic nitrogens is 1. The third-order valence-corrected chi connectivity index (χ3v) is 3.90. The minimum Gasteiger partial charge on any atom is -0.454 e. The van der Waals surface area contributed by atoms with Crippen LogP contribution in [0.3, 0.4) is 0 Å². The highest BCUT2D eigenvalue weighted by Gasteiger charge is 2.16. The molecule has 0 aliphatic heterocycles. The summed E-state index contributed by atoms with van der Waals surface area (Å²) < 4.78 is 17.9. The average molecular weight is 325 g/mol. The number of H-pyrrole nitrogens is 1. The number of fused-ring (bicyclic) bond motifs is 1. The molecule has 4 nitrogen and oxygen atoms in total. The molecule has 0 bridgehead atoms. The van der Waals surface area contributed by atoms with Gasteiger partial charge in [-0.1, -0.05) is 25.1 Å². The molecule has 0 spiro atoms. The summed E-state index contributed by atoms with van der Waals surface area (Å²) >= 11 is 0. The number of rotatable bonds is 5. The summed E-state index contributed by atoms with van der Waals surface area (Å²) in [6.07, 6.45) is 2.49. The Morgan fingerprint density at radius 1 is 1.12 bits per heavy atom. The van der Waals surface area contributed by atoms with E-state index < -0.39 is 11.8 Å². The maximum Gasteiger partial charge on any atom is 0.338 e. The molecular weight excluding hydrogens is 309 g/mol. The molecule has 0 aliphatic carbocycles. The Morgan fingerprint density at radius 3 is 2.58 bits per heavy atom. The minimum atomic E-state index is -0.655. The van der Waals surface area contributed by atoms with Crippen LogP contribution in [0.25, 0.3) is 10.9 Å². The molecule has 1 heterocycles. The fourth-order valence-corrected chi connectivity index (χ4v) is 2.62. The Balaban J connectivity index is 1.74. The second-order valence-corrected chi connectivity index (χ2v) is 5.40. The van der Waals surface area contributed by atoms with Crippen LogP contribution in [0.1, 0.15) is 33.2 Å². The van der Waals surface area contributed by atoms with Gasteiger partial charge in [0.1, 0.15) is 5.82 Å². The molecule has 0 aliphatic rings. The average Bonchev–Trinajstić information content (AvgIpc) is 3.04. The van der Waals surface area contributed by atoms with E-state index in [9.17, 15) is 14.0 Å². The number of aryl methyl sites for hydroxylation is 1. The number of ether oxygens (including phenoxy) is 1. The van der Waals surface area contributed by atoms with Crippen molar-refractivity contribution in [3.05, 3.63) is 71.2 Å². The number of nitrogens with one attached hydrogen (secondary N) is 1. The highest BCUT2D eigenvalue weighted by Crippen LogP contribution is 2.22. The lowest BCUT2D eigenvalue weighted by molar-refractivity contribution is 0.0475. The molecule has 1 N–H and O–H groups in total. The van der Waals surface area contributed by atoms with Crippen LogP contribution in [0.5, 0.6) is 0 Å². The smallest absolute Gasteiger partial charge is 0.338 e. The first-order chi connectivity index (χ1) is 11.6. The predicted octanol–water partition coefficient (Wildman–Crippen LogP) is 3.91. The number of carbonyl (C=O) groups is 2. The summed E-state index contributed by atoms with van der Waals surface area (Å²) in [5, 5.41) is 0.817. The van der Waals surface area contributed by atoms with Gasteiger partial charge in [0.05, 0.1) is 5.56 Å². The van der Waals surface area contributed by atoms with E-state index in [0.29, 0.717) is 5.56 Å². The molecule has 2 aromatic carbocycles. The van der Waals surface area contributed by atoms with Crippen molar-refractivity contribution in [2.24, 2.45) is 0 Å². The number of ketones is 1. The minimum absolute atomic E-state index is 0.205. The van der Waals surface area contributed by atoms with Gasteiger partial charge < -0.3 is 9.72 Å². The third-order valence-electron chi connectivity index (χ3n) is 3.90. The molecule has 3 aromatic rings. The van der Waals surface area contributed by atoms with E-state index in [4.69, 9.17) is 4.74 Å². The number of carbonyl (C=O) groups excluding carboxylic acids is 2. The summed E-state index contributed by atoms with van der Waals surface area (Å²) in [5.41, 5.74) is 2.74. The predicted molar refractivity (Wildman–Crippen MR) is 88.7 cm³/mol. The van der Waals surface area contributed by atoms with Gasteiger partial charge in [0, 0.05) is 22.7 Å². The first-order valence-corrected chi connectivity index (χ1v) is 7.65. The third kappa shape index (κ3) is 3.06. The van der Waals surface area contributed by atoms with Gasteiger partial charge in [-0.3, -0.25) is 4.79 Å². The Hall–Kier alpha value is -2.95. The van der Waals surface area contributed by atoms with Crippen LogP contribution in [0.15, 0.2) is 48.7 Å². The van der Waals surface area contributed by atoms with E-state index in [1.165, 1.54) is 24.3 Å². The van der Waals surface area contributed by atoms with Crippen molar-refractivity contribution in [1.29, 1.82) is 0 Å². The Bertz CT molecular complexity index is 897. The van der Waals surface area contributed by atoms with Gasteiger partial charge >= 0.3 is 5.97 Å². The molecule has 24 heavy (non-hydrogen) atoms. The SMILES string of the molecule is CCc1cccc2c(C(=O)COC(=O)c3ccc(F)cc3)c[nH]c12. The maximum absolute atomic E-state index is 12.9. The summed E-state index contributed by atoms with van der Waals surface area (Å²) in [4.78, 5) is 27.4. The van der Waals surface area contributed by atoms with E-state index in [0.717, 1.165) is 22.9 Å². The molecule has 0 saturated carbocycles. The van der Waals surface area contributed by atoms with Crippen molar-refractivity contribution in [3.63, 3.8) is 0 Å². The molecule has 1 aromatic heterocycles.